The molecule has 1 aromatic heterocycles. The molecule has 0 radical (unpaired) electrons. The summed E-state index contributed by atoms with van der Waals surface area (Å²) in [5.74, 6) is 0.0726. The predicted octanol–water partition coefficient (Wildman–Crippen LogP) is 3.31. The van der Waals surface area contributed by atoms with E-state index in [0.717, 1.165) is 30.5 Å². The summed E-state index contributed by atoms with van der Waals surface area (Å²) in [6.07, 6.45) is 3.18. The van der Waals surface area contributed by atoms with E-state index in [1.165, 1.54) is 33.5 Å². The molecule has 154 valence electrons. The van der Waals surface area contributed by atoms with E-state index >= 15 is 0 Å². The van der Waals surface area contributed by atoms with Crippen LogP contribution in [0.4, 0.5) is 5.69 Å². The molecule has 1 heterocycles. The Morgan fingerprint density at radius 2 is 1.93 bits per heavy atom. The molecule has 29 heavy (non-hydrogen) atoms. The SMILES string of the molecule is Cc1cccc(NC(=O)CSCC(=O)NNC(=O)c2cc3c(s2)CCC(C)C3)c1. The molecule has 1 unspecified atom stereocenters. The fraction of sp³-hybridized carbons (Fsp3) is 0.381. The highest BCUT2D eigenvalue weighted by Gasteiger charge is 2.20. The van der Waals surface area contributed by atoms with Crippen molar-refractivity contribution in [3.05, 3.63) is 51.2 Å². The summed E-state index contributed by atoms with van der Waals surface area (Å²) in [5, 5.41) is 2.80. The fourth-order valence-corrected chi connectivity index (χ4v) is 4.92. The number of amides is 3. The molecule has 1 aromatic carbocycles. The highest BCUT2D eigenvalue weighted by molar-refractivity contribution is 8.00. The van der Waals surface area contributed by atoms with Crippen LogP contribution in [0.2, 0.25) is 0 Å². The Kier molecular flexibility index (Phi) is 7.33. The second kappa shape index (κ2) is 9.93. The van der Waals surface area contributed by atoms with Crippen molar-refractivity contribution in [3.63, 3.8) is 0 Å². The molecule has 0 saturated carbocycles. The zero-order chi connectivity index (χ0) is 20.8. The number of aryl methyl sites for hydroxylation is 2. The highest BCUT2D eigenvalue weighted by Crippen LogP contribution is 2.32. The number of thioether (sulfide) groups is 1. The minimum atomic E-state index is -0.346. The standard InChI is InChI=1S/C21H25N3O3S2/c1-13-4-3-5-16(9-13)22-19(25)11-28-12-20(26)23-24-21(27)18-10-15-8-14(2)6-7-17(15)29-18/h3-5,9-10,14H,6-8,11-12H2,1-2H3,(H,22,25)(H,23,26)(H,24,27). The third-order valence-electron chi connectivity index (χ3n) is 4.64. The molecule has 0 spiro atoms. The molecule has 2 aromatic rings. The van der Waals surface area contributed by atoms with Crippen LogP contribution < -0.4 is 16.2 Å². The van der Waals surface area contributed by atoms with Gasteiger partial charge in [0.2, 0.25) is 11.8 Å². The van der Waals surface area contributed by atoms with Gasteiger partial charge in [0.1, 0.15) is 0 Å². The molecule has 0 aliphatic heterocycles. The molecule has 1 aliphatic carbocycles. The zero-order valence-corrected chi connectivity index (χ0v) is 18.2. The lowest BCUT2D eigenvalue weighted by molar-refractivity contribution is -0.119. The van der Waals surface area contributed by atoms with Crippen molar-refractivity contribution in [1.82, 2.24) is 10.9 Å². The quantitative estimate of drug-likeness (QED) is 0.613. The number of hydrogen-bond donors (Lipinski definition) is 3. The van der Waals surface area contributed by atoms with E-state index in [-0.39, 0.29) is 29.2 Å². The number of nitrogens with one attached hydrogen (secondary N) is 3. The van der Waals surface area contributed by atoms with Crippen molar-refractivity contribution >= 4 is 46.5 Å². The Morgan fingerprint density at radius 3 is 2.72 bits per heavy atom. The average molecular weight is 432 g/mol. The van der Waals surface area contributed by atoms with Gasteiger partial charge in [-0.1, -0.05) is 19.1 Å². The van der Waals surface area contributed by atoms with Gasteiger partial charge in [-0.2, -0.15) is 0 Å². The highest BCUT2D eigenvalue weighted by atomic mass is 32.2. The van der Waals surface area contributed by atoms with Crippen LogP contribution in [0.3, 0.4) is 0 Å². The molecule has 3 rings (SSSR count). The fourth-order valence-electron chi connectivity index (χ4n) is 3.20. The smallest absolute Gasteiger partial charge is 0.279 e. The van der Waals surface area contributed by atoms with E-state index in [2.05, 4.69) is 23.1 Å². The van der Waals surface area contributed by atoms with Crippen molar-refractivity contribution in [3.8, 4) is 0 Å². The zero-order valence-electron chi connectivity index (χ0n) is 16.5. The van der Waals surface area contributed by atoms with Gasteiger partial charge in [-0.25, -0.2) is 0 Å². The first-order chi connectivity index (χ1) is 13.9. The summed E-state index contributed by atoms with van der Waals surface area (Å²) in [7, 11) is 0. The van der Waals surface area contributed by atoms with Crippen LogP contribution in [0.5, 0.6) is 0 Å². The number of carbonyl (C=O) groups is 3. The molecule has 0 bridgehead atoms. The molecule has 1 aliphatic rings. The molecule has 0 fully saturated rings. The molecule has 0 saturated heterocycles. The lowest BCUT2D eigenvalue weighted by atomic mass is 9.90. The first-order valence-electron chi connectivity index (χ1n) is 9.55. The summed E-state index contributed by atoms with van der Waals surface area (Å²) in [5.41, 5.74) is 7.93. The van der Waals surface area contributed by atoms with Gasteiger partial charge in [0.25, 0.3) is 5.91 Å². The van der Waals surface area contributed by atoms with Gasteiger partial charge in [-0.05, 0) is 61.4 Å². The molecular weight excluding hydrogens is 406 g/mol. The van der Waals surface area contributed by atoms with E-state index in [1.54, 1.807) is 0 Å². The topological polar surface area (TPSA) is 87.3 Å². The molecule has 8 heteroatoms. The van der Waals surface area contributed by atoms with E-state index in [1.807, 2.05) is 37.3 Å². The van der Waals surface area contributed by atoms with Crippen molar-refractivity contribution in [1.29, 1.82) is 0 Å². The van der Waals surface area contributed by atoms with Gasteiger partial charge in [0.15, 0.2) is 0 Å². The Labute approximate surface area is 178 Å². The van der Waals surface area contributed by atoms with Crippen LogP contribution in [0.1, 0.15) is 39.0 Å². The van der Waals surface area contributed by atoms with Crippen LogP contribution in [-0.2, 0) is 22.4 Å². The maximum absolute atomic E-state index is 12.3. The van der Waals surface area contributed by atoms with Crippen molar-refractivity contribution in [2.45, 2.75) is 33.1 Å². The number of rotatable bonds is 6. The Bertz CT molecular complexity index is 910. The average Bonchev–Trinajstić information content (AvgIpc) is 3.09. The summed E-state index contributed by atoms with van der Waals surface area (Å²) in [6.45, 7) is 4.17. The van der Waals surface area contributed by atoms with Crippen LogP contribution in [0.15, 0.2) is 30.3 Å². The van der Waals surface area contributed by atoms with Crippen LogP contribution >= 0.6 is 23.1 Å². The summed E-state index contributed by atoms with van der Waals surface area (Å²) >= 11 is 2.69. The third kappa shape index (κ3) is 6.33. The molecular formula is C21H25N3O3S2. The second-order valence-electron chi connectivity index (χ2n) is 7.32. The number of hydrogen-bond acceptors (Lipinski definition) is 5. The number of hydrazine groups is 1. The van der Waals surface area contributed by atoms with E-state index in [0.29, 0.717) is 10.8 Å². The summed E-state index contributed by atoms with van der Waals surface area (Å²) < 4.78 is 0. The van der Waals surface area contributed by atoms with Gasteiger partial charge in [0.05, 0.1) is 16.4 Å². The normalized spacial score (nSPS) is 15.3. The van der Waals surface area contributed by atoms with Crippen molar-refractivity contribution in [2.75, 3.05) is 16.8 Å². The van der Waals surface area contributed by atoms with E-state index < -0.39 is 0 Å². The second-order valence-corrected chi connectivity index (χ2v) is 9.44. The predicted molar refractivity (Wildman–Crippen MR) is 118 cm³/mol. The van der Waals surface area contributed by atoms with Crippen molar-refractivity contribution < 1.29 is 14.4 Å². The Hall–Kier alpha value is -2.32. The number of thiophene rings is 1. The van der Waals surface area contributed by atoms with E-state index in [4.69, 9.17) is 0 Å². The third-order valence-corrected chi connectivity index (χ3v) is 6.81. The first kappa shape index (κ1) is 21.4. The molecule has 6 nitrogen and oxygen atoms in total. The monoisotopic (exact) mass is 431 g/mol. The Balaban J connectivity index is 1.36. The van der Waals surface area contributed by atoms with Crippen molar-refractivity contribution in [2.24, 2.45) is 5.92 Å². The van der Waals surface area contributed by atoms with Gasteiger partial charge in [-0.3, -0.25) is 25.2 Å². The summed E-state index contributed by atoms with van der Waals surface area (Å²) in [6, 6.07) is 9.46. The maximum Gasteiger partial charge on any atom is 0.279 e. The van der Waals surface area contributed by atoms with E-state index in [9.17, 15) is 14.4 Å². The molecule has 3 amide bonds. The van der Waals surface area contributed by atoms with Gasteiger partial charge < -0.3 is 5.32 Å². The number of anilines is 1. The maximum atomic E-state index is 12.3. The lowest BCUT2D eigenvalue weighted by Crippen LogP contribution is -2.42. The number of carbonyl (C=O) groups excluding carboxylic acids is 3. The lowest BCUT2D eigenvalue weighted by Gasteiger charge is -2.16. The number of benzene rings is 1. The largest absolute Gasteiger partial charge is 0.325 e. The summed E-state index contributed by atoms with van der Waals surface area (Å²) in [4.78, 5) is 38.0. The van der Waals surface area contributed by atoms with Gasteiger partial charge in [-0.15, -0.1) is 23.1 Å². The molecule has 1 atom stereocenters. The van der Waals surface area contributed by atoms with Crippen LogP contribution in [0, 0.1) is 12.8 Å². The van der Waals surface area contributed by atoms with Crippen LogP contribution in [0.25, 0.3) is 0 Å². The molecule has 3 N–H and O–H groups in total. The minimum absolute atomic E-state index is 0.0833. The van der Waals surface area contributed by atoms with Gasteiger partial charge in [0, 0.05) is 10.6 Å². The first-order valence-corrected chi connectivity index (χ1v) is 11.5. The van der Waals surface area contributed by atoms with Crippen LogP contribution in [-0.4, -0.2) is 29.2 Å². The van der Waals surface area contributed by atoms with Gasteiger partial charge >= 0.3 is 0 Å². The Morgan fingerprint density at radius 1 is 1.14 bits per heavy atom. The number of fused-ring (bicyclic) bond motifs is 1. The minimum Gasteiger partial charge on any atom is -0.325 e.